The van der Waals surface area contributed by atoms with Gasteiger partial charge in [-0.2, -0.15) is 0 Å². The van der Waals surface area contributed by atoms with Crippen LogP contribution in [-0.2, 0) is 28.4 Å². The van der Waals surface area contributed by atoms with E-state index in [4.69, 9.17) is 0 Å². The number of carbonyl (C=O) groups excluding carboxylic acids is 1. The molecule has 1 N–H and O–H groups in total. The maximum atomic E-state index is 13.0. The molecule has 0 aliphatic heterocycles. The molecule has 26 heavy (non-hydrogen) atoms. The van der Waals surface area contributed by atoms with Gasteiger partial charge >= 0.3 is 0 Å². The number of aliphatic hydroxyl groups is 1. The van der Waals surface area contributed by atoms with E-state index in [2.05, 4.69) is 32.9 Å². The molecule has 1 aliphatic rings. The van der Waals surface area contributed by atoms with Crippen LogP contribution in [0.5, 0.6) is 0 Å². The van der Waals surface area contributed by atoms with Crippen molar-refractivity contribution in [2.45, 2.75) is 72.0 Å². The molecule has 0 fully saturated rings. The van der Waals surface area contributed by atoms with Gasteiger partial charge in [0, 0.05) is 34.6 Å². The van der Waals surface area contributed by atoms with Gasteiger partial charge in [-0.15, -0.1) is 0 Å². The third-order valence-corrected chi connectivity index (χ3v) is 7.04. The van der Waals surface area contributed by atoms with Gasteiger partial charge in [-0.25, -0.2) is 0 Å². The predicted octanol–water partition coefficient (Wildman–Crippen LogP) is 4.92. The van der Waals surface area contributed by atoms with E-state index < -0.39 is 10.8 Å². The molecule has 0 amide bonds. The van der Waals surface area contributed by atoms with E-state index >= 15 is 0 Å². The first-order chi connectivity index (χ1) is 12.3. The van der Waals surface area contributed by atoms with Crippen LogP contribution in [0.4, 0.5) is 0 Å². The number of hydrogen-bond acceptors (Lipinski definition) is 3. The van der Waals surface area contributed by atoms with Crippen molar-refractivity contribution in [3.05, 3.63) is 40.1 Å². The zero-order valence-corrected chi connectivity index (χ0v) is 17.5. The van der Waals surface area contributed by atoms with Crippen molar-refractivity contribution in [2.75, 3.05) is 5.75 Å². The monoisotopic (exact) mass is 376 g/mol. The number of aryl methyl sites for hydroxylation is 3. The van der Waals surface area contributed by atoms with Crippen molar-refractivity contribution in [1.82, 2.24) is 0 Å². The number of rotatable bonds is 7. The van der Waals surface area contributed by atoms with Gasteiger partial charge in [0.05, 0.1) is 5.57 Å². The molecule has 3 atom stereocenters. The highest BCUT2D eigenvalue weighted by atomic mass is 32.2. The van der Waals surface area contributed by atoms with Crippen LogP contribution in [0, 0.1) is 12.8 Å². The molecular weight excluding hydrogens is 344 g/mol. The van der Waals surface area contributed by atoms with Gasteiger partial charge in [0.1, 0.15) is 5.76 Å². The molecule has 0 heterocycles. The summed E-state index contributed by atoms with van der Waals surface area (Å²) in [4.78, 5) is 13.0. The first kappa shape index (κ1) is 20.9. The lowest BCUT2D eigenvalue weighted by atomic mass is 9.79. The fourth-order valence-corrected chi connectivity index (χ4v) is 5.16. The van der Waals surface area contributed by atoms with Crippen molar-refractivity contribution in [3.63, 3.8) is 0 Å². The molecule has 0 aromatic heterocycles. The van der Waals surface area contributed by atoms with Crippen molar-refractivity contribution in [3.8, 4) is 0 Å². The van der Waals surface area contributed by atoms with Gasteiger partial charge in [-0.3, -0.25) is 9.00 Å². The van der Waals surface area contributed by atoms with Crippen molar-refractivity contribution >= 4 is 22.2 Å². The van der Waals surface area contributed by atoms with Gasteiger partial charge in [0.25, 0.3) is 0 Å². The summed E-state index contributed by atoms with van der Waals surface area (Å²) in [7, 11) is -0.862. The fraction of sp³-hybridized carbons (Fsp3) is 0.591. The van der Waals surface area contributed by atoms with E-state index in [0.717, 1.165) is 36.0 Å². The average Bonchev–Trinajstić information content (AvgIpc) is 2.60. The quantitative estimate of drug-likeness (QED) is 0.735. The van der Waals surface area contributed by atoms with Crippen LogP contribution in [0.2, 0.25) is 0 Å². The van der Waals surface area contributed by atoms with Crippen molar-refractivity contribution in [2.24, 2.45) is 5.92 Å². The maximum Gasteiger partial charge on any atom is 0.167 e. The van der Waals surface area contributed by atoms with Gasteiger partial charge in [0.15, 0.2) is 5.78 Å². The zero-order valence-electron chi connectivity index (χ0n) is 16.7. The number of ketones is 1. The molecule has 1 aromatic rings. The van der Waals surface area contributed by atoms with E-state index in [9.17, 15) is 14.1 Å². The lowest BCUT2D eigenvalue weighted by Gasteiger charge is -2.27. The highest BCUT2D eigenvalue weighted by Crippen LogP contribution is 2.37. The average molecular weight is 377 g/mol. The van der Waals surface area contributed by atoms with E-state index in [1.807, 2.05) is 13.8 Å². The third kappa shape index (κ3) is 4.46. The number of benzene rings is 1. The normalized spacial score (nSPS) is 20.3. The summed E-state index contributed by atoms with van der Waals surface area (Å²) in [6, 6.07) is 4.25. The molecule has 0 bridgehead atoms. The third-order valence-electron chi connectivity index (χ3n) is 5.38. The first-order valence-electron chi connectivity index (χ1n) is 9.77. The molecule has 3 unspecified atom stereocenters. The summed E-state index contributed by atoms with van der Waals surface area (Å²) in [5.41, 5.74) is 4.94. The van der Waals surface area contributed by atoms with E-state index in [1.165, 1.54) is 5.56 Å². The second-order valence-electron chi connectivity index (χ2n) is 7.40. The van der Waals surface area contributed by atoms with E-state index in [1.54, 1.807) is 0 Å². The Labute approximate surface area is 160 Å². The fourth-order valence-electron chi connectivity index (χ4n) is 4.11. The van der Waals surface area contributed by atoms with Gasteiger partial charge in [0.2, 0.25) is 0 Å². The van der Waals surface area contributed by atoms with Crippen LogP contribution in [0.1, 0.15) is 69.2 Å². The molecule has 0 saturated heterocycles. The molecule has 1 aromatic carbocycles. The Morgan fingerprint density at radius 2 is 1.73 bits per heavy atom. The van der Waals surface area contributed by atoms with E-state index in [0.29, 0.717) is 24.2 Å². The summed E-state index contributed by atoms with van der Waals surface area (Å²) in [5.74, 6) is 0.964. The van der Waals surface area contributed by atoms with Gasteiger partial charge in [-0.1, -0.05) is 45.4 Å². The minimum Gasteiger partial charge on any atom is -0.512 e. The molecule has 1 aliphatic carbocycles. The second-order valence-corrected chi connectivity index (χ2v) is 9.54. The van der Waals surface area contributed by atoms with Crippen LogP contribution < -0.4 is 0 Å². The Morgan fingerprint density at radius 1 is 1.15 bits per heavy atom. The molecular formula is C22H32O3S. The second kappa shape index (κ2) is 8.98. The lowest BCUT2D eigenvalue weighted by Crippen LogP contribution is -2.25. The predicted molar refractivity (Wildman–Crippen MR) is 110 cm³/mol. The van der Waals surface area contributed by atoms with Crippen LogP contribution in [0.15, 0.2) is 17.9 Å². The van der Waals surface area contributed by atoms with Crippen molar-refractivity contribution < 1.29 is 14.1 Å². The molecule has 0 radical (unpaired) electrons. The molecule has 144 valence electrons. The number of carbonyl (C=O) groups is 1. The Kier molecular flexibility index (Phi) is 7.22. The summed E-state index contributed by atoms with van der Waals surface area (Å²) in [5, 5.41) is 10.8. The highest BCUT2D eigenvalue weighted by molar-refractivity contribution is 7.85. The van der Waals surface area contributed by atoms with Crippen LogP contribution in [0.3, 0.4) is 0 Å². The summed E-state index contributed by atoms with van der Waals surface area (Å²) in [6.45, 7) is 10.2. The first-order valence-corrected chi connectivity index (χ1v) is 11.2. The van der Waals surface area contributed by atoms with Crippen molar-refractivity contribution in [1.29, 1.82) is 0 Å². The minimum atomic E-state index is -0.862. The number of aliphatic hydroxyl groups excluding tert-OH is 1. The molecule has 2 rings (SSSR count). The standard InChI is InChI=1S/C22H32O3S/c1-6-17-9-14(4)10-18(7-2)21(17)22-19(23)12-16(13-20(22)24)11-15(5)26(25)8-3/h9-10,15-16,23H,6-8,11-13H2,1-5H3. The van der Waals surface area contributed by atoms with Gasteiger partial charge in [-0.05, 0) is 48.8 Å². The van der Waals surface area contributed by atoms with Crippen LogP contribution in [-0.4, -0.2) is 26.1 Å². The number of allylic oxidation sites excluding steroid dienone is 2. The Balaban J connectivity index is 2.38. The van der Waals surface area contributed by atoms with Gasteiger partial charge < -0.3 is 5.11 Å². The molecule has 4 heteroatoms. The number of Topliss-reactive ketones (excluding diaryl/α,β-unsaturated/α-hetero) is 1. The zero-order chi connectivity index (χ0) is 19.4. The largest absolute Gasteiger partial charge is 0.512 e. The summed E-state index contributed by atoms with van der Waals surface area (Å²) < 4.78 is 12.0. The molecule has 3 nitrogen and oxygen atoms in total. The number of hydrogen-bond donors (Lipinski definition) is 1. The molecule has 0 saturated carbocycles. The lowest BCUT2D eigenvalue weighted by molar-refractivity contribution is -0.115. The van der Waals surface area contributed by atoms with E-state index in [-0.39, 0.29) is 22.7 Å². The Bertz CT molecular complexity index is 708. The SMILES string of the molecule is CCc1cc(C)cc(CC)c1C1=C(O)CC(CC(C)S(=O)CC)CC1=O. The Hall–Kier alpha value is -1.42. The van der Waals surface area contributed by atoms with Crippen LogP contribution in [0.25, 0.3) is 5.57 Å². The minimum absolute atomic E-state index is 0.0292. The Morgan fingerprint density at radius 3 is 2.19 bits per heavy atom. The van der Waals surface area contributed by atoms with Crippen LogP contribution >= 0.6 is 0 Å². The topological polar surface area (TPSA) is 54.4 Å². The smallest absolute Gasteiger partial charge is 0.167 e. The highest BCUT2D eigenvalue weighted by Gasteiger charge is 2.32. The summed E-state index contributed by atoms with van der Waals surface area (Å²) in [6.07, 6.45) is 3.34. The maximum absolute atomic E-state index is 13.0. The summed E-state index contributed by atoms with van der Waals surface area (Å²) >= 11 is 0. The molecule has 0 spiro atoms.